The molecular weight excluding hydrogens is 391 g/mol. The minimum Gasteiger partial charge on any atom is -0.326 e. The summed E-state index contributed by atoms with van der Waals surface area (Å²) in [6, 6.07) is 14.3. The van der Waals surface area contributed by atoms with E-state index in [1.165, 1.54) is 17.0 Å². The molecule has 2 N–H and O–H groups in total. The molecule has 0 radical (unpaired) electrons. The molecule has 8 heteroatoms. The summed E-state index contributed by atoms with van der Waals surface area (Å²) in [5.74, 6) is 0.540. The Morgan fingerprint density at radius 3 is 2.48 bits per heavy atom. The van der Waals surface area contributed by atoms with Gasteiger partial charge in [0.05, 0.1) is 18.1 Å². The van der Waals surface area contributed by atoms with Crippen molar-refractivity contribution in [1.29, 1.82) is 0 Å². The van der Waals surface area contributed by atoms with Crippen molar-refractivity contribution in [2.75, 3.05) is 32.7 Å². The molecule has 0 spiro atoms. The van der Waals surface area contributed by atoms with Crippen molar-refractivity contribution < 1.29 is 14.2 Å². The lowest BCUT2D eigenvalue weighted by Crippen LogP contribution is -3.28. The van der Waals surface area contributed by atoms with Gasteiger partial charge in [-0.2, -0.15) is 0 Å². The number of halogens is 2. The molecule has 3 aromatic rings. The van der Waals surface area contributed by atoms with Crippen LogP contribution in [0.4, 0.5) is 4.39 Å². The number of rotatable bonds is 6. The number of quaternary nitrogens is 2. The number of tetrazole rings is 1. The van der Waals surface area contributed by atoms with Gasteiger partial charge in [-0.05, 0) is 41.1 Å². The van der Waals surface area contributed by atoms with Gasteiger partial charge >= 0.3 is 0 Å². The van der Waals surface area contributed by atoms with E-state index in [-0.39, 0.29) is 11.9 Å². The van der Waals surface area contributed by atoms with E-state index >= 15 is 0 Å². The summed E-state index contributed by atoms with van der Waals surface area (Å²) in [6.45, 7) is 8.16. The van der Waals surface area contributed by atoms with E-state index in [0.29, 0.717) is 6.54 Å². The van der Waals surface area contributed by atoms with Crippen molar-refractivity contribution in [2.45, 2.75) is 19.5 Å². The van der Waals surface area contributed by atoms with Crippen molar-refractivity contribution in [1.82, 2.24) is 20.2 Å². The molecule has 4 rings (SSSR count). The van der Waals surface area contributed by atoms with Crippen molar-refractivity contribution in [3.05, 3.63) is 76.3 Å². The molecule has 1 aliphatic rings. The smallest absolute Gasteiger partial charge is 0.214 e. The molecule has 2 aromatic carbocycles. The SMILES string of the molecule is CC[NH+]1CC[NH+]([C@H](c2ccccc2Cl)c2nnnn2Cc2ccc(F)cc2)CC1. The normalized spacial score (nSPS) is 20.5. The molecule has 0 bridgehead atoms. The molecular formula is C21H26ClFN6+2. The zero-order valence-electron chi connectivity index (χ0n) is 16.5. The first-order valence-corrected chi connectivity index (χ1v) is 10.5. The zero-order chi connectivity index (χ0) is 20.2. The number of piperazine rings is 1. The average molecular weight is 417 g/mol. The van der Waals surface area contributed by atoms with Gasteiger partial charge in [-0.15, -0.1) is 5.10 Å². The summed E-state index contributed by atoms with van der Waals surface area (Å²) in [5, 5.41) is 13.3. The fourth-order valence-electron chi connectivity index (χ4n) is 4.11. The molecule has 152 valence electrons. The molecule has 1 aliphatic heterocycles. The van der Waals surface area contributed by atoms with Gasteiger partial charge in [0.2, 0.25) is 5.82 Å². The highest BCUT2D eigenvalue weighted by Crippen LogP contribution is 2.25. The highest BCUT2D eigenvalue weighted by Gasteiger charge is 2.36. The minimum absolute atomic E-state index is 0.0439. The van der Waals surface area contributed by atoms with E-state index in [0.717, 1.165) is 54.7 Å². The molecule has 2 heterocycles. The lowest BCUT2D eigenvalue weighted by molar-refractivity contribution is -1.02. The van der Waals surface area contributed by atoms with E-state index in [9.17, 15) is 4.39 Å². The lowest BCUT2D eigenvalue weighted by Gasteiger charge is -2.34. The molecule has 1 fully saturated rings. The molecule has 0 unspecified atom stereocenters. The van der Waals surface area contributed by atoms with Crippen LogP contribution in [0.3, 0.4) is 0 Å². The molecule has 0 saturated carbocycles. The maximum Gasteiger partial charge on any atom is 0.214 e. The van der Waals surface area contributed by atoms with Crippen molar-refractivity contribution >= 4 is 11.6 Å². The Bertz CT molecular complexity index is 936. The first kappa shape index (κ1) is 19.9. The van der Waals surface area contributed by atoms with Gasteiger partial charge in [-0.3, -0.25) is 0 Å². The lowest BCUT2D eigenvalue weighted by atomic mass is 10.0. The Morgan fingerprint density at radius 1 is 1.07 bits per heavy atom. The fraction of sp³-hybridized carbons (Fsp3) is 0.381. The van der Waals surface area contributed by atoms with Gasteiger partial charge in [0, 0.05) is 5.56 Å². The minimum atomic E-state index is -0.250. The first-order valence-electron chi connectivity index (χ1n) is 10.1. The molecule has 1 saturated heterocycles. The summed E-state index contributed by atoms with van der Waals surface area (Å²) >= 11 is 6.60. The van der Waals surface area contributed by atoms with Crippen LogP contribution in [-0.2, 0) is 6.54 Å². The van der Waals surface area contributed by atoms with E-state index < -0.39 is 0 Å². The maximum atomic E-state index is 13.3. The van der Waals surface area contributed by atoms with Crippen LogP contribution in [-0.4, -0.2) is 52.9 Å². The van der Waals surface area contributed by atoms with Gasteiger partial charge in [-0.25, -0.2) is 9.07 Å². The summed E-state index contributed by atoms with van der Waals surface area (Å²) in [5.41, 5.74) is 1.99. The van der Waals surface area contributed by atoms with E-state index in [4.69, 9.17) is 11.6 Å². The fourth-order valence-corrected chi connectivity index (χ4v) is 4.36. The largest absolute Gasteiger partial charge is 0.326 e. The van der Waals surface area contributed by atoms with Gasteiger partial charge in [-0.1, -0.05) is 41.9 Å². The van der Waals surface area contributed by atoms with Gasteiger partial charge in [0.1, 0.15) is 32.0 Å². The number of nitrogens with one attached hydrogen (secondary N) is 2. The molecule has 1 atom stereocenters. The number of likely N-dealkylation sites (N-methyl/N-ethyl adjacent to an activating group) is 1. The van der Waals surface area contributed by atoms with Crippen LogP contribution in [0.25, 0.3) is 0 Å². The summed E-state index contributed by atoms with van der Waals surface area (Å²) in [7, 11) is 0. The van der Waals surface area contributed by atoms with Crippen LogP contribution in [0.15, 0.2) is 48.5 Å². The third-order valence-electron chi connectivity index (χ3n) is 5.79. The second kappa shape index (κ2) is 8.98. The molecule has 1 aromatic heterocycles. The molecule has 6 nitrogen and oxygen atoms in total. The summed E-state index contributed by atoms with van der Waals surface area (Å²) < 4.78 is 15.1. The Morgan fingerprint density at radius 2 is 1.79 bits per heavy atom. The van der Waals surface area contributed by atoms with Crippen LogP contribution in [0, 0.1) is 5.82 Å². The van der Waals surface area contributed by atoms with Crippen molar-refractivity contribution in [3.63, 3.8) is 0 Å². The second-order valence-corrected chi connectivity index (χ2v) is 7.94. The Hall–Kier alpha value is -2.35. The van der Waals surface area contributed by atoms with Gasteiger partial charge < -0.3 is 9.80 Å². The predicted molar refractivity (Wildman–Crippen MR) is 109 cm³/mol. The van der Waals surface area contributed by atoms with E-state index in [1.54, 1.807) is 17.0 Å². The third-order valence-corrected chi connectivity index (χ3v) is 6.13. The van der Waals surface area contributed by atoms with Gasteiger partial charge in [0.15, 0.2) is 6.04 Å². The monoisotopic (exact) mass is 416 g/mol. The van der Waals surface area contributed by atoms with Crippen LogP contribution in [0.5, 0.6) is 0 Å². The third kappa shape index (κ3) is 4.47. The van der Waals surface area contributed by atoms with Crippen molar-refractivity contribution in [2.24, 2.45) is 0 Å². The van der Waals surface area contributed by atoms with Crippen LogP contribution in [0.1, 0.15) is 29.9 Å². The maximum absolute atomic E-state index is 13.3. The predicted octanol–water partition coefficient (Wildman–Crippen LogP) is 0.407. The Kier molecular flexibility index (Phi) is 6.18. The average Bonchev–Trinajstić information content (AvgIpc) is 3.19. The highest BCUT2D eigenvalue weighted by molar-refractivity contribution is 6.31. The summed E-state index contributed by atoms with van der Waals surface area (Å²) in [6.07, 6.45) is 0. The Labute approximate surface area is 174 Å². The van der Waals surface area contributed by atoms with Crippen molar-refractivity contribution in [3.8, 4) is 0 Å². The van der Waals surface area contributed by atoms with Gasteiger partial charge in [0.25, 0.3) is 0 Å². The Balaban J connectivity index is 1.68. The standard InChI is InChI=1S/C21H24ClFN6/c1-2-27-11-13-28(14-12-27)20(18-5-3-4-6-19(18)22)21-24-25-26-29(21)15-16-7-9-17(23)10-8-16/h3-10,20H,2,11-15H2,1H3/p+2/t20-/m1/s1. The number of hydrogen-bond acceptors (Lipinski definition) is 3. The highest BCUT2D eigenvalue weighted by atomic mass is 35.5. The number of hydrogen-bond donors (Lipinski definition) is 2. The van der Waals surface area contributed by atoms with E-state index in [2.05, 4.69) is 28.5 Å². The molecule has 0 aliphatic carbocycles. The topological polar surface area (TPSA) is 52.5 Å². The second-order valence-electron chi connectivity index (χ2n) is 7.54. The molecule has 29 heavy (non-hydrogen) atoms. The number of nitrogens with zero attached hydrogens (tertiary/aromatic N) is 4. The summed E-state index contributed by atoms with van der Waals surface area (Å²) in [4.78, 5) is 3.04. The first-order chi connectivity index (χ1) is 14.2. The quantitative estimate of drug-likeness (QED) is 0.612. The van der Waals surface area contributed by atoms with E-state index in [1.807, 2.05) is 22.9 Å². The van der Waals surface area contributed by atoms with Crippen LogP contribution >= 0.6 is 11.6 Å². The van der Waals surface area contributed by atoms with Crippen LogP contribution < -0.4 is 9.80 Å². The number of benzene rings is 2. The molecule has 0 amide bonds. The van der Waals surface area contributed by atoms with Crippen LogP contribution in [0.2, 0.25) is 5.02 Å². The zero-order valence-corrected chi connectivity index (χ0v) is 17.2. The number of aromatic nitrogens is 4.